The lowest BCUT2D eigenvalue weighted by molar-refractivity contribution is -0.161. The Labute approximate surface area is 177 Å². The first-order chi connectivity index (χ1) is 14.1. The first-order valence-corrected chi connectivity index (χ1v) is 13.3. The summed E-state index contributed by atoms with van der Waals surface area (Å²) in [6.07, 6.45) is 11.2. The summed E-state index contributed by atoms with van der Waals surface area (Å²) in [6.45, 7) is 8.26. The monoisotopic (exact) mass is 428 g/mol. The van der Waals surface area contributed by atoms with E-state index in [0.717, 1.165) is 56.6 Å². The molecule has 2 rings (SSSR count). The van der Waals surface area contributed by atoms with Crippen LogP contribution in [0.5, 0.6) is 0 Å². The minimum absolute atomic E-state index is 0.0654. The standard InChI is InChI=1S/C22H40O6Si/c1-4-25-29(26-5-2,27-6-3)19-13-8-7-11-18-24-20-15-9-10-16-21(20)28-22(23)17-12-14-19/h13,20-21H,4-12,14-18H2,1-3H3/b19-13+/t20-,21-/m0/s1. The van der Waals surface area contributed by atoms with E-state index in [0.29, 0.717) is 39.3 Å². The molecule has 0 saturated heterocycles. The van der Waals surface area contributed by atoms with E-state index in [-0.39, 0.29) is 18.2 Å². The number of ether oxygens (including phenoxy) is 2. The maximum Gasteiger partial charge on any atom is 0.532 e. The summed E-state index contributed by atoms with van der Waals surface area (Å²) in [5, 5.41) is 1.10. The van der Waals surface area contributed by atoms with Gasteiger partial charge in [0.25, 0.3) is 0 Å². The van der Waals surface area contributed by atoms with Crippen molar-refractivity contribution in [2.24, 2.45) is 0 Å². The van der Waals surface area contributed by atoms with E-state index in [1.54, 1.807) is 0 Å². The van der Waals surface area contributed by atoms with Gasteiger partial charge in [0.1, 0.15) is 6.10 Å². The van der Waals surface area contributed by atoms with Gasteiger partial charge in [0.05, 0.1) is 6.10 Å². The first kappa shape index (κ1) is 24.5. The van der Waals surface area contributed by atoms with Gasteiger partial charge in [-0.1, -0.05) is 12.5 Å². The number of allylic oxidation sites excluding steroid dienone is 2. The lowest BCUT2D eigenvalue weighted by Gasteiger charge is -2.32. The molecule has 0 aromatic carbocycles. The van der Waals surface area contributed by atoms with E-state index in [1.807, 2.05) is 20.8 Å². The molecule has 2 atom stereocenters. The molecule has 1 saturated carbocycles. The smallest absolute Gasteiger partial charge is 0.460 e. The number of hydrogen-bond donors (Lipinski definition) is 0. The maximum absolute atomic E-state index is 12.5. The Morgan fingerprint density at radius 1 is 0.897 bits per heavy atom. The van der Waals surface area contributed by atoms with Crippen molar-refractivity contribution in [2.75, 3.05) is 26.4 Å². The van der Waals surface area contributed by atoms with Crippen molar-refractivity contribution in [1.82, 2.24) is 0 Å². The van der Waals surface area contributed by atoms with Crippen molar-refractivity contribution in [1.29, 1.82) is 0 Å². The predicted molar refractivity (Wildman–Crippen MR) is 115 cm³/mol. The molecule has 1 aliphatic heterocycles. The highest BCUT2D eigenvalue weighted by molar-refractivity contribution is 6.68. The van der Waals surface area contributed by atoms with E-state index in [1.165, 1.54) is 0 Å². The third kappa shape index (κ3) is 7.79. The van der Waals surface area contributed by atoms with Gasteiger partial charge in [-0.15, -0.1) is 0 Å². The number of fused-ring (bicyclic) bond motifs is 1. The molecule has 7 heteroatoms. The van der Waals surface area contributed by atoms with Crippen molar-refractivity contribution in [3.8, 4) is 0 Å². The second-order valence-corrected chi connectivity index (χ2v) is 10.3. The summed E-state index contributed by atoms with van der Waals surface area (Å²) >= 11 is 0. The Morgan fingerprint density at radius 2 is 1.55 bits per heavy atom. The molecular weight excluding hydrogens is 388 g/mol. The van der Waals surface area contributed by atoms with E-state index >= 15 is 0 Å². The molecule has 2 aliphatic rings. The molecule has 0 aromatic rings. The summed E-state index contributed by atoms with van der Waals surface area (Å²) in [4.78, 5) is 12.5. The third-order valence-electron chi connectivity index (χ3n) is 5.47. The van der Waals surface area contributed by atoms with Crippen LogP contribution in [0.25, 0.3) is 0 Å². The van der Waals surface area contributed by atoms with Crippen molar-refractivity contribution in [3.05, 3.63) is 11.3 Å². The van der Waals surface area contributed by atoms with Crippen molar-refractivity contribution in [3.63, 3.8) is 0 Å². The SMILES string of the molecule is CCO[Si](OCC)(OCC)/C1=C/CCCCO[C@H]2CCCC[C@@H]2OC(=O)CCC1. The Bertz CT molecular complexity index is 493. The Hall–Kier alpha value is -0.733. The predicted octanol–water partition coefficient (Wildman–Crippen LogP) is 4.73. The molecule has 0 bridgehead atoms. The van der Waals surface area contributed by atoms with E-state index in [4.69, 9.17) is 22.8 Å². The number of carbonyl (C=O) groups is 1. The fourth-order valence-corrected chi connectivity index (χ4v) is 6.97. The molecule has 0 N–H and O–H groups in total. The second-order valence-electron chi connectivity index (χ2n) is 7.66. The quantitative estimate of drug-likeness (QED) is 0.432. The maximum atomic E-state index is 12.5. The van der Waals surface area contributed by atoms with Gasteiger partial charge in [-0.25, -0.2) is 0 Å². The van der Waals surface area contributed by atoms with Crippen molar-refractivity contribution >= 4 is 14.8 Å². The van der Waals surface area contributed by atoms with Gasteiger partial charge < -0.3 is 22.8 Å². The number of carbonyl (C=O) groups excluding carboxylic acids is 1. The van der Waals surface area contributed by atoms with Crippen LogP contribution in [0.1, 0.15) is 85.0 Å². The highest BCUT2D eigenvalue weighted by atomic mass is 28.4. The number of hydrogen-bond acceptors (Lipinski definition) is 6. The van der Waals surface area contributed by atoms with Crippen molar-refractivity contribution in [2.45, 2.75) is 97.2 Å². The molecule has 0 amide bonds. The minimum Gasteiger partial charge on any atom is -0.460 e. The molecule has 1 fully saturated rings. The van der Waals surface area contributed by atoms with Crippen LogP contribution in [0, 0.1) is 0 Å². The summed E-state index contributed by atoms with van der Waals surface area (Å²) in [5.41, 5.74) is 0. The highest BCUT2D eigenvalue weighted by Crippen LogP contribution is 2.28. The summed E-state index contributed by atoms with van der Waals surface area (Å²) in [7, 11) is -2.91. The minimum atomic E-state index is -2.91. The average Bonchev–Trinajstić information content (AvgIpc) is 2.70. The van der Waals surface area contributed by atoms with Gasteiger partial charge in [0.15, 0.2) is 0 Å². The first-order valence-electron chi connectivity index (χ1n) is 11.6. The van der Waals surface area contributed by atoms with Crippen molar-refractivity contribution < 1.29 is 27.5 Å². The molecule has 1 heterocycles. The molecule has 29 heavy (non-hydrogen) atoms. The lowest BCUT2D eigenvalue weighted by atomic mass is 9.94. The topological polar surface area (TPSA) is 63.2 Å². The molecule has 0 aromatic heterocycles. The van der Waals surface area contributed by atoms with Crippen LogP contribution < -0.4 is 0 Å². The zero-order valence-corrected chi connectivity index (χ0v) is 19.6. The fraction of sp³-hybridized carbons (Fsp3) is 0.864. The zero-order valence-electron chi connectivity index (χ0n) is 18.6. The average molecular weight is 429 g/mol. The van der Waals surface area contributed by atoms with Crippen LogP contribution in [-0.4, -0.2) is 53.4 Å². The van der Waals surface area contributed by atoms with Crippen LogP contribution in [-0.2, 0) is 27.5 Å². The molecule has 6 nitrogen and oxygen atoms in total. The molecule has 1 aliphatic carbocycles. The van der Waals surface area contributed by atoms with E-state index < -0.39 is 8.80 Å². The summed E-state index contributed by atoms with van der Waals surface area (Å²) < 4.78 is 30.2. The molecule has 0 unspecified atom stereocenters. The second kappa shape index (κ2) is 13.5. The fourth-order valence-electron chi connectivity index (χ4n) is 4.15. The normalized spacial score (nSPS) is 27.3. The summed E-state index contributed by atoms with van der Waals surface area (Å²) in [6, 6.07) is 0. The van der Waals surface area contributed by atoms with Gasteiger partial charge in [-0.2, -0.15) is 0 Å². The highest BCUT2D eigenvalue weighted by Gasteiger charge is 2.44. The number of rotatable bonds is 7. The molecule has 168 valence electrons. The lowest BCUT2D eigenvalue weighted by Crippen LogP contribution is -2.48. The van der Waals surface area contributed by atoms with Gasteiger partial charge in [-0.3, -0.25) is 4.79 Å². The van der Waals surface area contributed by atoms with Crippen LogP contribution >= 0.6 is 0 Å². The Morgan fingerprint density at radius 3 is 2.21 bits per heavy atom. The Balaban J connectivity index is 2.12. The van der Waals surface area contributed by atoms with Gasteiger partial charge in [0.2, 0.25) is 0 Å². The molecular formula is C22H40O6Si. The van der Waals surface area contributed by atoms with Crippen LogP contribution in [0.2, 0.25) is 0 Å². The number of esters is 1. The zero-order chi connectivity index (χ0) is 21.0. The molecule has 0 spiro atoms. The van der Waals surface area contributed by atoms with Crippen LogP contribution in [0.15, 0.2) is 11.3 Å². The van der Waals surface area contributed by atoms with Gasteiger partial charge in [0, 0.05) is 32.8 Å². The van der Waals surface area contributed by atoms with Crippen LogP contribution in [0.3, 0.4) is 0 Å². The largest absolute Gasteiger partial charge is 0.532 e. The Kier molecular flexibility index (Phi) is 11.5. The van der Waals surface area contributed by atoms with Crippen LogP contribution in [0.4, 0.5) is 0 Å². The van der Waals surface area contributed by atoms with E-state index in [2.05, 4.69) is 6.08 Å². The van der Waals surface area contributed by atoms with Gasteiger partial charge >= 0.3 is 14.8 Å². The van der Waals surface area contributed by atoms with E-state index in [9.17, 15) is 4.79 Å². The summed E-state index contributed by atoms with van der Waals surface area (Å²) in [5.74, 6) is -0.126. The molecule has 0 radical (unpaired) electrons. The van der Waals surface area contributed by atoms with Gasteiger partial charge in [-0.05, 0) is 77.3 Å². The third-order valence-corrected chi connectivity index (χ3v) is 8.72.